The molecule has 1 rings (SSSR count). The van der Waals surface area contributed by atoms with Crippen molar-refractivity contribution in [2.24, 2.45) is 4.41 Å². The first-order valence-electron chi connectivity index (χ1n) is 8.45. The van der Waals surface area contributed by atoms with Gasteiger partial charge in [-0.15, -0.1) is 0 Å². The minimum absolute atomic E-state index is 0.341. The van der Waals surface area contributed by atoms with E-state index in [1.54, 1.807) is 0 Å². The fourth-order valence-electron chi connectivity index (χ4n) is 4.41. The average Bonchev–Trinajstić information content (AvgIpc) is 2.22. The topological polar surface area (TPSA) is 12.4 Å². The predicted octanol–water partition coefficient (Wildman–Crippen LogP) is 6.95. The van der Waals surface area contributed by atoms with Gasteiger partial charge in [-0.2, -0.15) is 0 Å². The van der Waals surface area contributed by atoms with E-state index in [1.807, 2.05) is 0 Å². The molecule has 0 aromatic rings. The quantitative estimate of drug-likeness (QED) is 0.386. The number of hydrogen-bond donors (Lipinski definition) is 0. The molecule has 0 spiro atoms. The highest BCUT2D eigenvalue weighted by Crippen LogP contribution is 2.75. The molecule has 1 saturated carbocycles. The molecule has 0 aromatic carbocycles. The maximum Gasteiger partial charge on any atom is 0.170 e. The van der Waals surface area contributed by atoms with Crippen LogP contribution in [-0.4, -0.2) is 24.2 Å². The van der Waals surface area contributed by atoms with E-state index in [-0.39, 0.29) is 0 Å². The molecule has 1 aliphatic rings. The van der Waals surface area contributed by atoms with Crippen molar-refractivity contribution in [1.82, 2.24) is 0 Å². The molecule has 0 saturated heterocycles. The van der Waals surface area contributed by atoms with E-state index in [0.29, 0.717) is 10.3 Å². The smallest absolute Gasteiger partial charge is 0.170 e. The van der Waals surface area contributed by atoms with Crippen LogP contribution in [0.2, 0.25) is 19.6 Å². The first-order valence-corrected chi connectivity index (χ1v) is 13.7. The third-order valence-corrected chi connectivity index (χ3v) is 13.9. The summed E-state index contributed by atoms with van der Waals surface area (Å²) in [7, 11) is -2.80. The van der Waals surface area contributed by atoms with E-state index in [1.165, 1.54) is 32.1 Å². The fourth-order valence-corrected chi connectivity index (χ4v) is 16.6. The Morgan fingerprint density at radius 1 is 0.800 bits per heavy atom. The van der Waals surface area contributed by atoms with Crippen LogP contribution in [0.15, 0.2) is 4.41 Å². The largest absolute Gasteiger partial charge is 0.337 e. The van der Waals surface area contributed by atoms with Gasteiger partial charge in [-0.05, 0) is 35.9 Å². The van der Waals surface area contributed by atoms with Crippen molar-refractivity contribution in [3.63, 3.8) is 0 Å². The van der Waals surface area contributed by atoms with Gasteiger partial charge in [0.15, 0.2) is 8.24 Å². The number of nitrogens with zero attached hydrogens (tertiary/aromatic N) is 1. The Morgan fingerprint density at radius 2 is 1.20 bits per heavy atom. The molecule has 0 aliphatic heterocycles. The first kappa shape index (κ1) is 18.5. The van der Waals surface area contributed by atoms with Crippen molar-refractivity contribution in [1.29, 1.82) is 0 Å². The maximum absolute atomic E-state index is 5.76. The Labute approximate surface area is 129 Å². The van der Waals surface area contributed by atoms with Crippen molar-refractivity contribution < 1.29 is 0 Å². The van der Waals surface area contributed by atoms with Crippen LogP contribution in [-0.2, 0) is 0 Å². The summed E-state index contributed by atoms with van der Waals surface area (Å²) in [5.74, 6) is 0. The van der Waals surface area contributed by atoms with Crippen LogP contribution >= 0.6 is 7.05 Å². The van der Waals surface area contributed by atoms with E-state index < -0.39 is 15.3 Å². The lowest BCUT2D eigenvalue weighted by Crippen LogP contribution is -2.38. The molecule has 0 heterocycles. The fraction of sp³-hybridized carbons (Fsp3) is 1.00. The summed E-state index contributed by atoms with van der Waals surface area (Å²) in [6, 6.07) is 0. The zero-order valence-corrected chi connectivity index (χ0v) is 17.4. The zero-order valence-electron chi connectivity index (χ0n) is 15.5. The van der Waals surface area contributed by atoms with Crippen LogP contribution in [0.1, 0.15) is 73.6 Å². The number of rotatable bonds is 2. The summed E-state index contributed by atoms with van der Waals surface area (Å²) in [5, 5.41) is 0.682. The molecule has 120 valence electrons. The van der Waals surface area contributed by atoms with E-state index in [2.05, 4.69) is 61.2 Å². The number of hydrogen-bond acceptors (Lipinski definition) is 1. The van der Waals surface area contributed by atoms with Gasteiger partial charge in [-0.3, -0.25) is 0 Å². The van der Waals surface area contributed by atoms with E-state index in [0.717, 1.165) is 5.66 Å². The second-order valence-corrected chi connectivity index (χ2v) is 19.5. The summed E-state index contributed by atoms with van der Waals surface area (Å²) in [6.45, 7) is 22.2. The lowest BCUT2D eigenvalue weighted by Gasteiger charge is -2.54. The summed E-state index contributed by atoms with van der Waals surface area (Å²) in [6.07, 6.45) is 7.16. The lowest BCUT2D eigenvalue weighted by molar-refractivity contribution is 0.494. The van der Waals surface area contributed by atoms with Crippen LogP contribution in [0.3, 0.4) is 0 Å². The molecule has 0 N–H and O–H groups in total. The van der Waals surface area contributed by atoms with Crippen LogP contribution in [0.5, 0.6) is 0 Å². The summed E-state index contributed by atoms with van der Waals surface area (Å²) < 4.78 is 5.76. The van der Waals surface area contributed by atoms with Crippen LogP contribution in [0.4, 0.5) is 0 Å². The molecule has 3 heteroatoms. The SMILES string of the molecule is CC(C)(C)P(=N[Si](C)(C)C)(C1CCCCC1)C(C)(C)C. The molecule has 1 aliphatic carbocycles. The molecule has 0 amide bonds. The molecule has 20 heavy (non-hydrogen) atoms. The maximum atomic E-state index is 5.76. The van der Waals surface area contributed by atoms with Gasteiger partial charge >= 0.3 is 0 Å². The first-order chi connectivity index (χ1) is 8.81. The van der Waals surface area contributed by atoms with Crippen molar-refractivity contribution >= 4 is 15.3 Å². The molecular formula is C17H38NPSi. The highest BCUT2D eigenvalue weighted by molar-refractivity contribution is 7.71. The van der Waals surface area contributed by atoms with E-state index in [4.69, 9.17) is 4.41 Å². The minimum atomic E-state index is -1.42. The second-order valence-electron chi connectivity index (χ2n) is 9.59. The van der Waals surface area contributed by atoms with Crippen molar-refractivity contribution in [2.45, 2.75) is 109 Å². The normalized spacial score (nSPS) is 20.1. The Bertz CT molecular complexity index is 355. The van der Waals surface area contributed by atoms with Gasteiger partial charge in [0.1, 0.15) is 0 Å². The summed E-state index contributed by atoms with van der Waals surface area (Å²) >= 11 is 0. The van der Waals surface area contributed by atoms with Crippen molar-refractivity contribution in [3.8, 4) is 0 Å². The summed E-state index contributed by atoms with van der Waals surface area (Å²) in [5.41, 5.74) is 0.878. The minimum Gasteiger partial charge on any atom is -0.337 e. The van der Waals surface area contributed by atoms with Gasteiger partial charge in [0, 0.05) is 0 Å². The molecule has 0 unspecified atom stereocenters. The molecule has 0 radical (unpaired) electrons. The van der Waals surface area contributed by atoms with Crippen molar-refractivity contribution in [3.05, 3.63) is 0 Å². The standard InChI is InChI=1S/C17H38NPSi/c1-16(2,3)19(17(4,5)6,18-20(7,8)9)15-13-11-10-12-14-15/h15H,10-14H2,1-9H3. The highest BCUT2D eigenvalue weighted by Gasteiger charge is 2.48. The molecule has 0 atom stereocenters. The van der Waals surface area contributed by atoms with Gasteiger partial charge < -0.3 is 4.41 Å². The van der Waals surface area contributed by atoms with Crippen molar-refractivity contribution in [2.75, 3.05) is 0 Å². The van der Waals surface area contributed by atoms with Crippen LogP contribution in [0.25, 0.3) is 0 Å². The lowest BCUT2D eigenvalue weighted by atomic mass is 10.0. The summed E-state index contributed by atoms with van der Waals surface area (Å²) in [4.78, 5) is 0. The second kappa shape index (κ2) is 5.92. The van der Waals surface area contributed by atoms with Gasteiger partial charge in [-0.1, -0.05) is 80.4 Å². The average molecular weight is 316 g/mol. The molecule has 1 fully saturated rings. The van der Waals surface area contributed by atoms with Crippen LogP contribution in [0, 0.1) is 0 Å². The Morgan fingerprint density at radius 3 is 1.50 bits per heavy atom. The Hall–Kier alpha value is 0.447. The van der Waals surface area contributed by atoms with E-state index in [9.17, 15) is 0 Å². The van der Waals surface area contributed by atoms with Gasteiger partial charge in [-0.25, -0.2) is 0 Å². The Kier molecular flexibility index (Phi) is 5.47. The third kappa shape index (κ3) is 3.80. The molecule has 0 aromatic heterocycles. The predicted molar refractivity (Wildman–Crippen MR) is 99.1 cm³/mol. The van der Waals surface area contributed by atoms with E-state index >= 15 is 0 Å². The van der Waals surface area contributed by atoms with Gasteiger partial charge in [0.05, 0.1) is 0 Å². The zero-order chi connectivity index (χ0) is 15.8. The molecular weight excluding hydrogens is 277 g/mol. The monoisotopic (exact) mass is 315 g/mol. The molecule has 0 bridgehead atoms. The highest BCUT2D eigenvalue weighted by atomic mass is 31.2. The van der Waals surface area contributed by atoms with Crippen LogP contribution < -0.4 is 0 Å². The molecule has 1 nitrogen and oxygen atoms in total. The Balaban J connectivity index is 3.55. The third-order valence-electron chi connectivity index (χ3n) is 4.61. The van der Waals surface area contributed by atoms with Gasteiger partial charge in [0.25, 0.3) is 0 Å². The van der Waals surface area contributed by atoms with Gasteiger partial charge in [0.2, 0.25) is 0 Å².